The van der Waals surface area contributed by atoms with Crippen LogP contribution >= 0.6 is 11.3 Å². The molecular weight excluding hydrogens is 422 g/mol. The second-order valence-electron chi connectivity index (χ2n) is 7.63. The van der Waals surface area contributed by atoms with Crippen molar-refractivity contribution >= 4 is 42.5 Å². The average molecular weight is 444 g/mol. The Balaban J connectivity index is 1.29. The molecule has 1 aromatic carbocycles. The molecule has 0 bridgehead atoms. The first kappa shape index (κ1) is 19.5. The standard InChI is InChI=1S/C21H21N3O4S2/c1-30(25,26)16-6-9-24(10-7-16)12-14-13-27-18-11-15(4-5-17(14)18)28-21-23-20-19(29-21)3-2-8-22-20/h2-5,8,11,13,16H,6-7,9-10,12H2,1H3. The van der Waals surface area contributed by atoms with E-state index in [0.29, 0.717) is 29.4 Å². The Kier molecular flexibility index (Phi) is 4.96. The largest absolute Gasteiger partial charge is 0.464 e. The van der Waals surface area contributed by atoms with E-state index >= 15 is 0 Å². The molecule has 1 aliphatic heterocycles. The number of fused-ring (bicyclic) bond motifs is 2. The summed E-state index contributed by atoms with van der Waals surface area (Å²) in [6, 6.07) is 9.63. The van der Waals surface area contributed by atoms with E-state index in [-0.39, 0.29) is 5.25 Å². The lowest BCUT2D eigenvalue weighted by atomic mass is 10.1. The third-order valence-electron chi connectivity index (χ3n) is 5.51. The van der Waals surface area contributed by atoms with Crippen molar-refractivity contribution < 1.29 is 17.6 Å². The third-order valence-corrected chi connectivity index (χ3v) is 8.08. The van der Waals surface area contributed by atoms with Gasteiger partial charge in [0.05, 0.1) is 16.2 Å². The van der Waals surface area contributed by atoms with Gasteiger partial charge in [-0.3, -0.25) is 4.90 Å². The highest BCUT2D eigenvalue weighted by molar-refractivity contribution is 7.91. The van der Waals surface area contributed by atoms with Gasteiger partial charge in [-0.05, 0) is 50.2 Å². The Hall–Kier alpha value is -2.49. The summed E-state index contributed by atoms with van der Waals surface area (Å²) in [7, 11) is -2.95. The summed E-state index contributed by atoms with van der Waals surface area (Å²) in [6.45, 7) is 2.29. The Morgan fingerprint density at radius 1 is 1.27 bits per heavy atom. The molecule has 0 amide bonds. The number of pyridine rings is 1. The number of benzene rings is 1. The van der Waals surface area contributed by atoms with Gasteiger partial charge in [0, 0.05) is 36.0 Å². The molecule has 156 valence electrons. The molecular formula is C21H21N3O4S2. The summed E-state index contributed by atoms with van der Waals surface area (Å²) < 4.78 is 36.2. The maximum Gasteiger partial charge on any atom is 0.281 e. The summed E-state index contributed by atoms with van der Waals surface area (Å²) in [4.78, 5) is 10.9. The molecule has 4 aromatic rings. The summed E-state index contributed by atoms with van der Waals surface area (Å²) in [5.74, 6) is 0.663. The van der Waals surface area contributed by atoms with Gasteiger partial charge in [-0.15, -0.1) is 0 Å². The quantitative estimate of drug-likeness (QED) is 0.456. The third kappa shape index (κ3) is 3.92. The van der Waals surface area contributed by atoms with Gasteiger partial charge >= 0.3 is 0 Å². The highest BCUT2D eigenvalue weighted by atomic mass is 32.2. The molecule has 7 nitrogen and oxygen atoms in total. The Morgan fingerprint density at radius 3 is 2.87 bits per heavy atom. The fourth-order valence-electron chi connectivity index (χ4n) is 3.88. The number of hydrogen-bond donors (Lipinski definition) is 0. The van der Waals surface area contributed by atoms with Gasteiger partial charge in [-0.1, -0.05) is 11.3 Å². The fraction of sp³-hybridized carbons (Fsp3) is 0.333. The van der Waals surface area contributed by atoms with Gasteiger partial charge in [0.25, 0.3) is 5.19 Å². The van der Waals surface area contributed by atoms with E-state index in [1.165, 1.54) is 17.6 Å². The number of furan rings is 1. The summed E-state index contributed by atoms with van der Waals surface area (Å²) in [5, 5.41) is 1.37. The number of piperidine rings is 1. The normalized spacial score (nSPS) is 16.4. The second kappa shape index (κ2) is 7.64. The van der Waals surface area contributed by atoms with Gasteiger partial charge in [0.15, 0.2) is 5.65 Å². The molecule has 0 unspecified atom stereocenters. The molecule has 9 heteroatoms. The minimum Gasteiger partial charge on any atom is -0.464 e. The Labute approximate surface area is 178 Å². The van der Waals surface area contributed by atoms with E-state index < -0.39 is 9.84 Å². The lowest BCUT2D eigenvalue weighted by Crippen LogP contribution is -2.38. The van der Waals surface area contributed by atoms with Crippen LogP contribution < -0.4 is 4.74 Å². The van der Waals surface area contributed by atoms with Crippen molar-refractivity contribution in [1.82, 2.24) is 14.9 Å². The highest BCUT2D eigenvalue weighted by Crippen LogP contribution is 2.33. The molecule has 0 radical (unpaired) electrons. The van der Waals surface area contributed by atoms with Crippen molar-refractivity contribution in [2.24, 2.45) is 0 Å². The van der Waals surface area contributed by atoms with Crippen molar-refractivity contribution in [3.8, 4) is 10.9 Å². The van der Waals surface area contributed by atoms with Crippen molar-refractivity contribution in [2.75, 3.05) is 19.3 Å². The fourth-order valence-corrected chi connectivity index (χ4v) is 5.74. The van der Waals surface area contributed by atoms with Crippen LogP contribution in [0, 0.1) is 0 Å². The molecule has 0 aliphatic carbocycles. The molecule has 4 heterocycles. The van der Waals surface area contributed by atoms with Crippen LogP contribution in [0.2, 0.25) is 0 Å². The van der Waals surface area contributed by atoms with E-state index in [4.69, 9.17) is 9.15 Å². The molecule has 5 rings (SSSR count). The first-order valence-corrected chi connectivity index (χ1v) is 12.5. The van der Waals surface area contributed by atoms with E-state index in [1.54, 1.807) is 12.5 Å². The first-order valence-electron chi connectivity index (χ1n) is 9.76. The Morgan fingerprint density at radius 2 is 2.10 bits per heavy atom. The number of rotatable bonds is 5. The maximum atomic E-state index is 11.7. The predicted octanol–water partition coefficient (Wildman–Crippen LogP) is 4.24. The average Bonchev–Trinajstić information content (AvgIpc) is 3.31. The molecule has 30 heavy (non-hydrogen) atoms. The zero-order valence-corrected chi connectivity index (χ0v) is 18.1. The van der Waals surface area contributed by atoms with Crippen LogP contribution in [0.25, 0.3) is 21.3 Å². The molecule has 0 N–H and O–H groups in total. The topological polar surface area (TPSA) is 85.5 Å². The first-order chi connectivity index (χ1) is 14.5. The van der Waals surface area contributed by atoms with E-state index in [1.807, 2.05) is 30.3 Å². The van der Waals surface area contributed by atoms with Crippen molar-refractivity contribution in [3.05, 3.63) is 48.4 Å². The van der Waals surface area contributed by atoms with Crippen LogP contribution in [-0.4, -0.2) is 47.9 Å². The van der Waals surface area contributed by atoms with E-state index in [2.05, 4.69) is 14.9 Å². The van der Waals surface area contributed by atoms with Gasteiger partial charge in [-0.2, -0.15) is 4.98 Å². The molecule has 3 aromatic heterocycles. The van der Waals surface area contributed by atoms with Gasteiger partial charge in [0.1, 0.15) is 21.2 Å². The summed E-state index contributed by atoms with van der Waals surface area (Å²) in [5.41, 5.74) is 2.53. The zero-order valence-electron chi connectivity index (χ0n) is 16.4. The number of sulfone groups is 1. The van der Waals surface area contributed by atoms with Crippen LogP contribution in [0.15, 0.2) is 47.2 Å². The molecule has 0 atom stereocenters. The van der Waals surface area contributed by atoms with Crippen LogP contribution in [0.4, 0.5) is 0 Å². The number of nitrogens with zero attached hydrogens (tertiary/aromatic N) is 3. The van der Waals surface area contributed by atoms with Crippen LogP contribution in [0.5, 0.6) is 10.9 Å². The van der Waals surface area contributed by atoms with Crippen molar-refractivity contribution in [3.63, 3.8) is 0 Å². The molecule has 0 saturated carbocycles. The zero-order chi connectivity index (χ0) is 20.7. The minimum absolute atomic E-state index is 0.215. The highest BCUT2D eigenvalue weighted by Gasteiger charge is 2.27. The maximum absolute atomic E-state index is 11.7. The van der Waals surface area contributed by atoms with Crippen molar-refractivity contribution in [2.45, 2.75) is 24.6 Å². The smallest absolute Gasteiger partial charge is 0.281 e. The van der Waals surface area contributed by atoms with Crippen LogP contribution in [-0.2, 0) is 16.4 Å². The summed E-state index contributed by atoms with van der Waals surface area (Å²) in [6.07, 6.45) is 6.19. The molecule has 1 saturated heterocycles. The SMILES string of the molecule is CS(=O)(=O)C1CCN(Cc2coc3cc(Oc4nc5ncccc5s4)ccc23)CC1. The van der Waals surface area contributed by atoms with Crippen molar-refractivity contribution in [1.29, 1.82) is 0 Å². The number of hydrogen-bond acceptors (Lipinski definition) is 8. The van der Waals surface area contributed by atoms with E-state index in [0.717, 1.165) is 40.9 Å². The number of ether oxygens (including phenoxy) is 1. The minimum atomic E-state index is -2.95. The van der Waals surface area contributed by atoms with E-state index in [9.17, 15) is 8.42 Å². The number of aromatic nitrogens is 2. The Bertz CT molecular complexity index is 1270. The molecule has 1 fully saturated rings. The van der Waals surface area contributed by atoms with Gasteiger partial charge < -0.3 is 9.15 Å². The van der Waals surface area contributed by atoms with Gasteiger partial charge in [-0.25, -0.2) is 13.4 Å². The number of likely N-dealkylation sites (tertiary alicyclic amines) is 1. The van der Waals surface area contributed by atoms with Crippen LogP contribution in [0.3, 0.4) is 0 Å². The lowest BCUT2D eigenvalue weighted by Gasteiger charge is -2.30. The van der Waals surface area contributed by atoms with Gasteiger partial charge in [0.2, 0.25) is 0 Å². The number of thiazole rings is 1. The molecule has 0 spiro atoms. The monoisotopic (exact) mass is 443 g/mol. The second-order valence-corrected chi connectivity index (χ2v) is 10.9. The summed E-state index contributed by atoms with van der Waals surface area (Å²) >= 11 is 1.45. The molecule has 1 aliphatic rings. The predicted molar refractivity (Wildman–Crippen MR) is 117 cm³/mol. The lowest BCUT2D eigenvalue weighted by molar-refractivity contribution is 0.222. The van der Waals surface area contributed by atoms with Crippen LogP contribution in [0.1, 0.15) is 18.4 Å².